The van der Waals surface area contributed by atoms with Crippen LogP contribution < -0.4 is 4.74 Å². The van der Waals surface area contributed by atoms with Crippen molar-refractivity contribution in [2.24, 2.45) is 0 Å². The maximum atomic E-state index is 16.2. The highest BCUT2D eigenvalue weighted by Gasteiger charge is 2.49. The smallest absolute Gasteiger partial charge is 0.246 e. The molecule has 0 saturated heterocycles. The highest BCUT2D eigenvalue weighted by atomic mass is 32.1. The summed E-state index contributed by atoms with van der Waals surface area (Å²) in [4.78, 5) is 27.1. The monoisotopic (exact) mass is 682 g/mol. The lowest BCUT2D eigenvalue weighted by molar-refractivity contribution is -0.129. The van der Waals surface area contributed by atoms with E-state index in [-0.39, 0.29) is 41.9 Å². The number of ether oxygens (including phenoxy) is 2. The van der Waals surface area contributed by atoms with Crippen LogP contribution in [0.4, 0.5) is 8.78 Å². The van der Waals surface area contributed by atoms with Crippen LogP contribution in [0.25, 0.3) is 43.9 Å². The summed E-state index contributed by atoms with van der Waals surface area (Å²) in [6.45, 7) is 8.70. The van der Waals surface area contributed by atoms with Gasteiger partial charge in [0.05, 0.1) is 41.8 Å². The molecule has 1 aromatic carbocycles. The number of hydrogen-bond acceptors (Lipinski definition) is 8. The van der Waals surface area contributed by atoms with Gasteiger partial charge in [0.15, 0.2) is 0 Å². The Morgan fingerprint density at radius 2 is 1.98 bits per heavy atom. The van der Waals surface area contributed by atoms with Crippen LogP contribution in [-0.4, -0.2) is 75.9 Å². The van der Waals surface area contributed by atoms with Gasteiger partial charge in [0, 0.05) is 71.7 Å². The number of carbonyl (C=O) groups excluding carboxylic acids is 1. The molecule has 6 heterocycles. The van der Waals surface area contributed by atoms with Crippen LogP contribution in [0.2, 0.25) is 0 Å². The zero-order valence-electron chi connectivity index (χ0n) is 27.6. The third kappa shape index (κ3) is 5.33. The van der Waals surface area contributed by atoms with Gasteiger partial charge in [-0.25, -0.2) is 13.8 Å². The van der Waals surface area contributed by atoms with Crippen molar-refractivity contribution in [1.29, 1.82) is 0 Å². The van der Waals surface area contributed by atoms with E-state index < -0.39 is 11.6 Å². The molecule has 252 valence electrons. The number of rotatable bonds is 8. The summed E-state index contributed by atoms with van der Waals surface area (Å²) in [5.41, 5.74) is 6.38. The molecule has 1 atom stereocenters. The van der Waals surface area contributed by atoms with E-state index in [2.05, 4.69) is 24.6 Å². The van der Waals surface area contributed by atoms with E-state index in [1.807, 2.05) is 35.3 Å². The fraction of sp³-hybridized carbons (Fsp3) is 0.351. The number of carbonyl (C=O) groups is 1. The predicted octanol–water partition coefficient (Wildman–Crippen LogP) is 6.76. The van der Waals surface area contributed by atoms with Crippen LogP contribution in [0.1, 0.15) is 42.8 Å². The summed E-state index contributed by atoms with van der Waals surface area (Å²) >= 11 is 1.45. The van der Waals surface area contributed by atoms with Gasteiger partial charge in [-0.2, -0.15) is 5.10 Å². The van der Waals surface area contributed by atoms with Crippen molar-refractivity contribution in [3.05, 3.63) is 83.1 Å². The van der Waals surface area contributed by atoms with Gasteiger partial charge in [-0.3, -0.25) is 14.5 Å². The normalized spacial score (nSPS) is 18.1. The van der Waals surface area contributed by atoms with Crippen molar-refractivity contribution in [3.63, 3.8) is 0 Å². The van der Waals surface area contributed by atoms with Gasteiger partial charge < -0.3 is 19.3 Å². The number of halogens is 2. The van der Waals surface area contributed by atoms with Crippen molar-refractivity contribution < 1.29 is 23.0 Å². The molecule has 8 rings (SSSR count). The predicted molar refractivity (Wildman–Crippen MR) is 184 cm³/mol. The second-order valence-electron chi connectivity index (χ2n) is 13.2. The summed E-state index contributed by atoms with van der Waals surface area (Å²) in [6.07, 6.45) is 5.50. The number of amides is 1. The number of pyridine rings is 2. The molecule has 0 bridgehead atoms. The molecule has 0 radical (unpaired) electrons. The molecule has 1 saturated carbocycles. The fourth-order valence-electron chi connectivity index (χ4n) is 7.56. The van der Waals surface area contributed by atoms with E-state index in [4.69, 9.17) is 24.5 Å². The van der Waals surface area contributed by atoms with Gasteiger partial charge in [-0.05, 0) is 62.0 Å². The summed E-state index contributed by atoms with van der Waals surface area (Å²) in [7, 11) is 3.68. The fourth-order valence-corrected chi connectivity index (χ4v) is 8.51. The average Bonchev–Trinajstić information content (AvgIpc) is 3.45. The number of thiophene rings is 1. The Morgan fingerprint density at radius 1 is 1.14 bits per heavy atom. The Hall–Kier alpha value is -4.52. The zero-order chi connectivity index (χ0) is 34.0. The second kappa shape index (κ2) is 12.1. The van der Waals surface area contributed by atoms with E-state index in [1.54, 1.807) is 4.90 Å². The van der Waals surface area contributed by atoms with E-state index in [9.17, 15) is 9.18 Å². The molecule has 5 aromatic rings. The van der Waals surface area contributed by atoms with Crippen LogP contribution in [0.5, 0.6) is 5.75 Å². The first-order valence-electron chi connectivity index (χ1n) is 16.4. The molecule has 3 aliphatic rings. The Balaban J connectivity index is 1.36. The van der Waals surface area contributed by atoms with Crippen LogP contribution in [0.3, 0.4) is 0 Å². The van der Waals surface area contributed by atoms with Crippen molar-refractivity contribution in [1.82, 2.24) is 29.5 Å². The number of nitrogens with zero attached hydrogens (tertiary/aromatic N) is 6. The van der Waals surface area contributed by atoms with Gasteiger partial charge in [-0.15, -0.1) is 11.3 Å². The number of aromatic nitrogens is 4. The molecule has 1 amide bonds. The molecule has 1 fully saturated rings. The lowest BCUT2D eigenvalue weighted by atomic mass is 9.90. The SMILES string of the molecule is C=CC(=O)N1CCn2nc(-c3nc(-c4cnc5c(c4)CN(C)CC54CC4)c4ccsc4c3-c3c(F)cc(F)cc3OCCOC)cc2[C@H]1C. The second-order valence-corrected chi connectivity index (χ2v) is 14.1. The molecule has 0 N–H and O–H groups in total. The van der Waals surface area contributed by atoms with E-state index in [0.717, 1.165) is 53.3 Å². The van der Waals surface area contributed by atoms with Gasteiger partial charge in [0.25, 0.3) is 0 Å². The van der Waals surface area contributed by atoms with Crippen molar-refractivity contribution in [2.75, 3.05) is 40.5 Å². The van der Waals surface area contributed by atoms with Crippen molar-refractivity contribution in [3.8, 4) is 39.5 Å². The van der Waals surface area contributed by atoms with E-state index >= 15 is 4.39 Å². The number of hydrogen-bond donors (Lipinski definition) is 0. The standard InChI is InChI=1S/C37H36F2N6O3S/c1-5-30(46)44-9-10-45-28(21(44)2)17-27(42-45)34-32(31-26(39)15-24(38)16-29(31)48-12-11-47-4)35-25(6-13-49-35)33(41-34)22-14-23-19-43(3)20-37(7-8-37)36(23)40-18-22/h5-6,13-18,21H,1,7-12,19-20H2,2-4H3/t21-/m1/s1. The first-order chi connectivity index (χ1) is 23.7. The maximum absolute atomic E-state index is 16.2. The minimum absolute atomic E-state index is 0.0494. The highest BCUT2D eigenvalue weighted by Crippen LogP contribution is 2.52. The zero-order valence-corrected chi connectivity index (χ0v) is 28.4. The van der Waals surface area contributed by atoms with Crippen LogP contribution >= 0.6 is 11.3 Å². The van der Waals surface area contributed by atoms with E-state index in [0.29, 0.717) is 35.7 Å². The largest absolute Gasteiger partial charge is 0.490 e. The number of benzene rings is 1. The molecule has 1 spiro atoms. The van der Waals surface area contributed by atoms with E-state index in [1.165, 1.54) is 41.8 Å². The Bertz CT molecular complexity index is 2140. The molecule has 4 aromatic heterocycles. The quantitative estimate of drug-likeness (QED) is 0.132. The lowest BCUT2D eigenvalue weighted by Crippen LogP contribution is -2.40. The Morgan fingerprint density at radius 3 is 2.76 bits per heavy atom. The summed E-state index contributed by atoms with van der Waals surface area (Å²) in [5, 5.41) is 7.75. The maximum Gasteiger partial charge on any atom is 0.246 e. The first-order valence-corrected chi connectivity index (χ1v) is 17.3. The first kappa shape index (κ1) is 31.7. The van der Waals surface area contributed by atoms with Gasteiger partial charge in [0.1, 0.15) is 35.4 Å². The Labute approximate surface area is 286 Å². The molecule has 12 heteroatoms. The third-order valence-corrected chi connectivity index (χ3v) is 10.9. The van der Waals surface area contributed by atoms with Crippen molar-refractivity contribution >= 4 is 27.3 Å². The Kier molecular flexibility index (Phi) is 7.84. The molecule has 49 heavy (non-hydrogen) atoms. The number of fused-ring (bicyclic) bond motifs is 4. The number of likely N-dealkylation sites (N-methyl/N-ethyl adjacent to an activating group) is 1. The van der Waals surface area contributed by atoms with Gasteiger partial charge >= 0.3 is 0 Å². The summed E-state index contributed by atoms with van der Waals surface area (Å²) in [6, 6.07) is 7.87. The number of methoxy groups -OCH3 is 1. The van der Waals surface area contributed by atoms with Crippen LogP contribution in [-0.2, 0) is 28.0 Å². The highest BCUT2D eigenvalue weighted by molar-refractivity contribution is 7.18. The molecular formula is C37H36F2N6O3S. The van der Waals surface area contributed by atoms with Crippen molar-refractivity contribution in [2.45, 2.75) is 44.3 Å². The van der Waals surface area contributed by atoms with Crippen LogP contribution in [0.15, 0.2) is 54.6 Å². The minimum atomic E-state index is -0.772. The average molecular weight is 683 g/mol. The summed E-state index contributed by atoms with van der Waals surface area (Å²) < 4.78 is 44.6. The molecular weight excluding hydrogens is 647 g/mol. The lowest BCUT2D eigenvalue weighted by Gasteiger charge is -2.33. The van der Waals surface area contributed by atoms with Gasteiger partial charge in [0.2, 0.25) is 5.91 Å². The molecule has 2 aliphatic heterocycles. The van der Waals surface area contributed by atoms with Crippen LogP contribution in [0, 0.1) is 11.6 Å². The minimum Gasteiger partial charge on any atom is -0.490 e. The molecule has 0 unspecified atom stereocenters. The molecule has 9 nitrogen and oxygen atoms in total. The van der Waals surface area contributed by atoms with Gasteiger partial charge in [-0.1, -0.05) is 6.58 Å². The third-order valence-electron chi connectivity index (χ3n) is 9.99. The molecule has 1 aliphatic carbocycles. The summed E-state index contributed by atoms with van der Waals surface area (Å²) in [5.74, 6) is -1.63. The topological polar surface area (TPSA) is 85.6 Å².